The van der Waals surface area contributed by atoms with Crippen molar-refractivity contribution >= 4 is 12.0 Å². The molecule has 0 atom stereocenters. The zero-order chi connectivity index (χ0) is 12.7. The Bertz CT molecular complexity index is 401. The first-order valence-electron chi connectivity index (χ1n) is 5.84. The van der Waals surface area contributed by atoms with Crippen molar-refractivity contribution in [1.29, 1.82) is 0 Å². The maximum atomic E-state index is 13.2. The van der Waals surface area contributed by atoms with Gasteiger partial charge >= 0.3 is 0 Å². The Hall–Kier alpha value is -1.64. The van der Waals surface area contributed by atoms with Gasteiger partial charge in [0.2, 0.25) is 5.91 Å². The van der Waals surface area contributed by atoms with E-state index >= 15 is 0 Å². The molecule has 0 saturated carbocycles. The molecular formula is C14H18FNO. The van der Waals surface area contributed by atoms with Crippen LogP contribution in [0.25, 0.3) is 6.08 Å². The largest absolute Gasteiger partial charge is 0.356 e. The van der Waals surface area contributed by atoms with E-state index in [9.17, 15) is 9.18 Å². The van der Waals surface area contributed by atoms with Gasteiger partial charge in [0.15, 0.2) is 0 Å². The van der Waals surface area contributed by atoms with Crippen LogP contribution in [0.2, 0.25) is 0 Å². The highest BCUT2D eigenvalue weighted by Crippen LogP contribution is 2.11. The lowest BCUT2D eigenvalue weighted by Crippen LogP contribution is -2.26. The second-order valence-corrected chi connectivity index (χ2v) is 3.98. The van der Waals surface area contributed by atoms with Crippen LogP contribution < -0.4 is 5.32 Å². The average Bonchev–Trinajstić information content (AvgIpc) is 2.28. The molecule has 17 heavy (non-hydrogen) atoms. The summed E-state index contributed by atoms with van der Waals surface area (Å²) in [6, 6.07) is 4.55. The molecule has 92 valence electrons. The summed E-state index contributed by atoms with van der Waals surface area (Å²) in [4.78, 5) is 11.5. The van der Waals surface area contributed by atoms with E-state index in [-0.39, 0.29) is 18.1 Å². The number of amides is 1. The van der Waals surface area contributed by atoms with Crippen molar-refractivity contribution in [2.75, 3.05) is 6.54 Å². The highest BCUT2D eigenvalue weighted by atomic mass is 19.1. The number of hydrogen-bond acceptors (Lipinski definition) is 1. The van der Waals surface area contributed by atoms with Crippen molar-refractivity contribution < 1.29 is 9.18 Å². The Morgan fingerprint density at radius 1 is 1.47 bits per heavy atom. The van der Waals surface area contributed by atoms with Gasteiger partial charge in [0.05, 0.1) is 6.42 Å². The van der Waals surface area contributed by atoms with E-state index in [0.29, 0.717) is 17.7 Å². The SMILES string of the molecule is C=Cc1cc(F)cc(CC(=O)NCCCC)c1. The molecule has 0 bridgehead atoms. The van der Waals surface area contributed by atoms with Crippen LogP contribution in [-0.2, 0) is 11.2 Å². The molecule has 0 heterocycles. The van der Waals surface area contributed by atoms with Crippen LogP contribution in [0.3, 0.4) is 0 Å². The summed E-state index contributed by atoms with van der Waals surface area (Å²) >= 11 is 0. The van der Waals surface area contributed by atoms with E-state index in [1.54, 1.807) is 12.1 Å². The number of carbonyl (C=O) groups is 1. The quantitative estimate of drug-likeness (QED) is 0.755. The fourth-order valence-corrected chi connectivity index (χ4v) is 1.55. The summed E-state index contributed by atoms with van der Waals surface area (Å²) in [5.74, 6) is -0.405. The van der Waals surface area contributed by atoms with Gasteiger partial charge < -0.3 is 5.32 Å². The lowest BCUT2D eigenvalue weighted by atomic mass is 10.1. The summed E-state index contributed by atoms with van der Waals surface area (Å²) in [6.07, 6.45) is 3.79. The molecular weight excluding hydrogens is 217 g/mol. The third-order valence-electron chi connectivity index (χ3n) is 2.43. The van der Waals surface area contributed by atoms with Crippen molar-refractivity contribution in [2.24, 2.45) is 0 Å². The minimum Gasteiger partial charge on any atom is -0.356 e. The lowest BCUT2D eigenvalue weighted by molar-refractivity contribution is -0.120. The third-order valence-corrected chi connectivity index (χ3v) is 2.43. The monoisotopic (exact) mass is 235 g/mol. The molecule has 0 fully saturated rings. The number of carbonyl (C=O) groups excluding carboxylic acids is 1. The van der Waals surface area contributed by atoms with Crippen molar-refractivity contribution in [1.82, 2.24) is 5.32 Å². The summed E-state index contributed by atoms with van der Waals surface area (Å²) in [6.45, 7) is 6.33. The fourth-order valence-electron chi connectivity index (χ4n) is 1.55. The van der Waals surface area contributed by atoms with Gasteiger partial charge in [0, 0.05) is 6.54 Å². The topological polar surface area (TPSA) is 29.1 Å². The van der Waals surface area contributed by atoms with E-state index in [0.717, 1.165) is 12.8 Å². The smallest absolute Gasteiger partial charge is 0.224 e. The number of rotatable bonds is 6. The van der Waals surface area contributed by atoms with Crippen LogP contribution in [0.15, 0.2) is 24.8 Å². The first kappa shape index (κ1) is 13.4. The van der Waals surface area contributed by atoms with Crippen LogP contribution in [0.5, 0.6) is 0 Å². The summed E-state index contributed by atoms with van der Waals surface area (Å²) in [5, 5.41) is 2.80. The van der Waals surface area contributed by atoms with E-state index in [2.05, 4.69) is 18.8 Å². The average molecular weight is 235 g/mol. The first-order valence-corrected chi connectivity index (χ1v) is 5.84. The van der Waals surface area contributed by atoms with Crippen LogP contribution in [0.1, 0.15) is 30.9 Å². The maximum absolute atomic E-state index is 13.2. The van der Waals surface area contributed by atoms with Crippen LogP contribution in [0, 0.1) is 5.82 Å². The van der Waals surface area contributed by atoms with Gasteiger partial charge in [0.1, 0.15) is 5.82 Å². The van der Waals surface area contributed by atoms with E-state index in [1.807, 2.05) is 0 Å². The Morgan fingerprint density at radius 2 is 2.24 bits per heavy atom. The molecule has 1 rings (SSSR count). The highest BCUT2D eigenvalue weighted by Gasteiger charge is 2.05. The van der Waals surface area contributed by atoms with Gasteiger partial charge in [-0.1, -0.05) is 32.1 Å². The summed E-state index contributed by atoms with van der Waals surface area (Å²) in [7, 11) is 0. The molecule has 2 nitrogen and oxygen atoms in total. The predicted octanol–water partition coefficient (Wildman–Crippen LogP) is 2.93. The molecule has 0 aliphatic heterocycles. The number of nitrogens with one attached hydrogen (secondary N) is 1. The van der Waals surface area contributed by atoms with Crippen molar-refractivity contribution in [2.45, 2.75) is 26.2 Å². The number of halogens is 1. The van der Waals surface area contributed by atoms with E-state index in [4.69, 9.17) is 0 Å². The zero-order valence-electron chi connectivity index (χ0n) is 10.1. The zero-order valence-corrected chi connectivity index (χ0v) is 10.1. The highest BCUT2D eigenvalue weighted by molar-refractivity contribution is 5.78. The van der Waals surface area contributed by atoms with Crippen molar-refractivity contribution in [3.05, 3.63) is 41.7 Å². The van der Waals surface area contributed by atoms with Gasteiger partial charge in [-0.15, -0.1) is 0 Å². The molecule has 0 saturated heterocycles. The minimum absolute atomic E-state index is 0.0703. The van der Waals surface area contributed by atoms with Gasteiger partial charge in [-0.2, -0.15) is 0 Å². The molecule has 1 amide bonds. The predicted molar refractivity (Wildman–Crippen MR) is 68.1 cm³/mol. The fraction of sp³-hybridized carbons (Fsp3) is 0.357. The molecule has 1 N–H and O–H groups in total. The van der Waals surface area contributed by atoms with Crippen LogP contribution in [-0.4, -0.2) is 12.5 Å². The Labute approximate surface area is 102 Å². The number of unbranched alkanes of at least 4 members (excludes halogenated alkanes) is 1. The first-order chi connectivity index (χ1) is 8.15. The molecule has 0 aliphatic carbocycles. The second-order valence-electron chi connectivity index (χ2n) is 3.98. The van der Waals surface area contributed by atoms with Crippen molar-refractivity contribution in [3.8, 4) is 0 Å². The summed E-state index contributed by atoms with van der Waals surface area (Å²) in [5.41, 5.74) is 1.37. The van der Waals surface area contributed by atoms with Gasteiger partial charge in [0.25, 0.3) is 0 Å². The van der Waals surface area contributed by atoms with E-state index < -0.39 is 0 Å². The molecule has 0 aliphatic rings. The normalized spacial score (nSPS) is 10.0. The number of benzene rings is 1. The summed E-state index contributed by atoms with van der Waals surface area (Å²) < 4.78 is 13.2. The second kappa shape index (κ2) is 6.84. The third kappa shape index (κ3) is 4.81. The molecule has 0 spiro atoms. The van der Waals surface area contributed by atoms with Crippen LogP contribution in [0.4, 0.5) is 4.39 Å². The lowest BCUT2D eigenvalue weighted by Gasteiger charge is -2.05. The maximum Gasteiger partial charge on any atom is 0.224 e. The van der Waals surface area contributed by atoms with Crippen LogP contribution >= 0.6 is 0 Å². The molecule has 1 aromatic carbocycles. The van der Waals surface area contributed by atoms with Crippen molar-refractivity contribution in [3.63, 3.8) is 0 Å². The molecule has 0 unspecified atom stereocenters. The standard InChI is InChI=1S/C14H18FNO/c1-3-5-6-16-14(17)10-12-7-11(4-2)8-13(15)9-12/h4,7-9H,2-3,5-6,10H2,1H3,(H,16,17). The molecule has 0 radical (unpaired) electrons. The minimum atomic E-state index is -0.334. The molecule has 1 aromatic rings. The Balaban J connectivity index is 2.58. The van der Waals surface area contributed by atoms with Gasteiger partial charge in [-0.3, -0.25) is 4.79 Å². The Morgan fingerprint density at radius 3 is 2.88 bits per heavy atom. The van der Waals surface area contributed by atoms with E-state index in [1.165, 1.54) is 12.1 Å². The van der Waals surface area contributed by atoms with Gasteiger partial charge in [-0.25, -0.2) is 4.39 Å². The molecule has 0 aromatic heterocycles. The molecule has 3 heteroatoms. The van der Waals surface area contributed by atoms with Gasteiger partial charge in [-0.05, 0) is 29.7 Å². The number of hydrogen-bond donors (Lipinski definition) is 1. The Kier molecular flexibility index (Phi) is 5.40.